The van der Waals surface area contributed by atoms with E-state index in [1.807, 2.05) is 0 Å². The smallest absolute Gasteiger partial charge is 0.320 e. The monoisotopic (exact) mass is 304 g/mol. The molecule has 4 saturated carbocycles. The normalized spacial score (nSPS) is 53.3. The number of amides is 2. The lowest BCUT2D eigenvalue weighted by atomic mass is 9.52. The lowest BCUT2D eigenvalue weighted by Crippen LogP contribution is -2.62. The van der Waals surface area contributed by atoms with Crippen molar-refractivity contribution in [2.45, 2.75) is 75.5 Å². The van der Waals surface area contributed by atoms with Gasteiger partial charge in [0.1, 0.15) is 0 Å². The quantitative estimate of drug-likeness (QED) is 0.809. The van der Waals surface area contributed by atoms with Crippen LogP contribution < -0.4 is 0 Å². The van der Waals surface area contributed by atoms with Crippen LogP contribution in [0.1, 0.15) is 58.3 Å². The second-order valence-corrected chi connectivity index (χ2v) is 9.20. The zero-order valence-corrected chi connectivity index (χ0v) is 13.6. The number of hydrogen-bond donors (Lipinski definition) is 1. The third-order valence-corrected chi connectivity index (χ3v) is 7.54. The van der Waals surface area contributed by atoms with Gasteiger partial charge in [0.2, 0.25) is 0 Å². The molecule has 1 N–H and O–H groups in total. The van der Waals surface area contributed by atoms with E-state index in [0.29, 0.717) is 23.9 Å². The Morgan fingerprint density at radius 2 is 1.86 bits per heavy atom. The summed E-state index contributed by atoms with van der Waals surface area (Å²) in [6.45, 7) is 4.15. The van der Waals surface area contributed by atoms with Gasteiger partial charge in [0, 0.05) is 19.1 Å². The molecule has 2 heterocycles. The van der Waals surface area contributed by atoms with Gasteiger partial charge in [-0.3, -0.25) is 0 Å². The van der Waals surface area contributed by atoms with E-state index in [-0.39, 0.29) is 5.54 Å². The fourth-order valence-corrected chi connectivity index (χ4v) is 6.96. The molecule has 0 spiro atoms. The lowest BCUT2D eigenvalue weighted by molar-refractivity contribution is -0.152. The average molecular weight is 304 g/mol. The molecule has 0 aromatic carbocycles. The van der Waals surface area contributed by atoms with Crippen molar-refractivity contribution in [3.63, 3.8) is 0 Å². The number of nitrogens with zero attached hydrogens (tertiary/aromatic N) is 2. The van der Waals surface area contributed by atoms with Crippen LogP contribution in [0, 0.1) is 17.8 Å². The van der Waals surface area contributed by atoms with Gasteiger partial charge in [-0.1, -0.05) is 0 Å². The predicted molar refractivity (Wildman–Crippen MR) is 83.4 cm³/mol. The van der Waals surface area contributed by atoms with E-state index < -0.39 is 5.60 Å². The Hall–Kier alpha value is -0.770. The summed E-state index contributed by atoms with van der Waals surface area (Å²) in [5, 5.41) is 10.8. The van der Waals surface area contributed by atoms with Crippen molar-refractivity contribution < 1.29 is 9.90 Å². The fourth-order valence-electron chi connectivity index (χ4n) is 6.96. The summed E-state index contributed by atoms with van der Waals surface area (Å²) in [6.07, 6.45) is 8.95. The van der Waals surface area contributed by atoms with Gasteiger partial charge in [-0.25, -0.2) is 4.79 Å². The number of urea groups is 1. The lowest BCUT2D eigenvalue weighted by Gasteiger charge is -2.59. The van der Waals surface area contributed by atoms with Crippen LogP contribution in [0.5, 0.6) is 0 Å². The minimum Gasteiger partial charge on any atom is -0.390 e. The van der Waals surface area contributed by atoms with Crippen molar-refractivity contribution in [2.24, 2.45) is 17.8 Å². The largest absolute Gasteiger partial charge is 0.390 e. The molecule has 3 atom stereocenters. The van der Waals surface area contributed by atoms with Crippen molar-refractivity contribution in [1.82, 2.24) is 9.80 Å². The SMILES string of the molecule is C[C@]12CCCCN1C(=O)N(C1C3CC4CC1CC(O)(C4)C3)C2. The Morgan fingerprint density at radius 3 is 2.50 bits per heavy atom. The summed E-state index contributed by atoms with van der Waals surface area (Å²) < 4.78 is 0. The van der Waals surface area contributed by atoms with Gasteiger partial charge in [0.05, 0.1) is 11.1 Å². The van der Waals surface area contributed by atoms with Gasteiger partial charge in [-0.2, -0.15) is 0 Å². The van der Waals surface area contributed by atoms with Crippen LogP contribution in [-0.2, 0) is 0 Å². The molecule has 0 aromatic heterocycles. The van der Waals surface area contributed by atoms with E-state index in [1.165, 1.54) is 19.3 Å². The minimum atomic E-state index is -0.396. The van der Waals surface area contributed by atoms with Crippen molar-refractivity contribution in [2.75, 3.05) is 13.1 Å². The van der Waals surface area contributed by atoms with E-state index in [2.05, 4.69) is 16.7 Å². The molecule has 4 nitrogen and oxygen atoms in total. The fraction of sp³-hybridized carbons (Fsp3) is 0.944. The molecule has 6 aliphatic rings. The molecule has 2 saturated heterocycles. The summed E-state index contributed by atoms with van der Waals surface area (Å²) >= 11 is 0. The standard InChI is InChI=1S/C18H28N2O2/c1-17-4-2-3-5-20(17)16(21)19(11-17)15-13-6-12-7-14(15)10-18(22,8-12)9-13/h12-15,22H,2-11H2,1H3/t12?,13?,14?,15?,17-,18?/m1/s1. The first-order chi connectivity index (χ1) is 10.5. The molecular formula is C18H28N2O2. The zero-order chi connectivity index (χ0) is 15.1. The Bertz CT molecular complexity index is 505. The molecule has 4 aliphatic carbocycles. The molecule has 2 amide bonds. The third kappa shape index (κ3) is 1.70. The molecule has 2 unspecified atom stereocenters. The highest BCUT2D eigenvalue weighted by Crippen LogP contribution is 2.57. The molecule has 6 fully saturated rings. The topological polar surface area (TPSA) is 43.8 Å². The summed E-state index contributed by atoms with van der Waals surface area (Å²) in [7, 11) is 0. The van der Waals surface area contributed by atoms with Crippen molar-refractivity contribution in [1.29, 1.82) is 0 Å². The zero-order valence-electron chi connectivity index (χ0n) is 13.6. The first kappa shape index (κ1) is 13.6. The van der Waals surface area contributed by atoms with Crippen LogP contribution in [-0.4, -0.2) is 51.2 Å². The van der Waals surface area contributed by atoms with Crippen molar-refractivity contribution >= 4 is 6.03 Å². The van der Waals surface area contributed by atoms with Gasteiger partial charge in [-0.15, -0.1) is 0 Å². The number of aliphatic hydroxyl groups is 1. The van der Waals surface area contributed by atoms with E-state index in [9.17, 15) is 9.90 Å². The highest BCUT2D eigenvalue weighted by Gasteiger charge is 2.59. The highest BCUT2D eigenvalue weighted by atomic mass is 16.3. The number of fused-ring (bicyclic) bond motifs is 1. The maximum atomic E-state index is 13.0. The molecule has 4 bridgehead atoms. The molecule has 22 heavy (non-hydrogen) atoms. The van der Waals surface area contributed by atoms with Crippen LogP contribution in [0.15, 0.2) is 0 Å². The number of carbonyl (C=O) groups is 1. The Labute approximate surface area is 132 Å². The van der Waals surface area contributed by atoms with Gasteiger partial charge in [-0.05, 0) is 76.0 Å². The molecule has 6 rings (SSSR count). The molecule has 0 radical (unpaired) electrons. The molecule has 2 aliphatic heterocycles. The Morgan fingerprint density at radius 1 is 1.14 bits per heavy atom. The second kappa shape index (κ2) is 4.19. The third-order valence-electron chi connectivity index (χ3n) is 7.54. The van der Waals surface area contributed by atoms with Crippen LogP contribution in [0.25, 0.3) is 0 Å². The minimum absolute atomic E-state index is 0.0703. The van der Waals surface area contributed by atoms with Crippen LogP contribution >= 0.6 is 0 Å². The van der Waals surface area contributed by atoms with Crippen LogP contribution in [0.2, 0.25) is 0 Å². The average Bonchev–Trinajstić information content (AvgIpc) is 2.69. The number of carbonyl (C=O) groups excluding carboxylic acids is 1. The Kier molecular flexibility index (Phi) is 2.60. The van der Waals surface area contributed by atoms with E-state index in [4.69, 9.17) is 0 Å². The Balaban J connectivity index is 1.45. The predicted octanol–water partition coefficient (Wildman–Crippen LogP) is 2.61. The first-order valence-corrected chi connectivity index (χ1v) is 9.28. The highest BCUT2D eigenvalue weighted by molar-refractivity contribution is 5.79. The summed E-state index contributed by atoms with van der Waals surface area (Å²) in [5.74, 6) is 1.81. The van der Waals surface area contributed by atoms with Gasteiger partial charge in [0.25, 0.3) is 0 Å². The van der Waals surface area contributed by atoms with Crippen molar-refractivity contribution in [3.8, 4) is 0 Å². The molecule has 4 heteroatoms. The maximum absolute atomic E-state index is 13.0. The molecular weight excluding hydrogens is 276 g/mol. The second-order valence-electron chi connectivity index (χ2n) is 9.20. The van der Waals surface area contributed by atoms with Gasteiger partial charge >= 0.3 is 6.03 Å². The summed E-state index contributed by atoms with van der Waals surface area (Å²) in [5.41, 5.74) is -0.326. The molecule has 0 aromatic rings. The number of hydrogen-bond acceptors (Lipinski definition) is 2. The maximum Gasteiger partial charge on any atom is 0.320 e. The summed E-state index contributed by atoms with van der Waals surface area (Å²) in [4.78, 5) is 17.4. The summed E-state index contributed by atoms with van der Waals surface area (Å²) in [6, 6.07) is 0.707. The van der Waals surface area contributed by atoms with Crippen LogP contribution in [0.3, 0.4) is 0 Å². The van der Waals surface area contributed by atoms with Crippen LogP contribution in [0.4, 0.5) is 4.79 Å². The van der Waals surface area contributed by atoms with Gasteiger partial charge in [0.15, 0.2) is 0 Å². The number of piperidine rings is 1. The van der Waals surface area contributed by atoms with Gasteiger partial charge < -0.3 is 14.9 Å². The molecule has 122 valence electrons. The first-order valence-electron chi connectivity index (χ1n) is 9.28. The van der Waals surface area contributed by atoms with E-state index in [0.717, 1.165) is 51.1 Å². The van der Waals surface area contributed by atoms with Crippen molar-refractivity contribution in [3.05, 3.63) is 0 Å². The van der Waals surface area contributed by atoms with E-state index in [1.54, 1.807) is 0 Å². The number of rotatable bonds is 1. The van der Waals surface area contributed by atoms with E-state index >= 15 is 0 Å².